The van der Waals surface area contributed by atoms with Crippen LogP contribution in [-0.4, -0.2) is 19.1 Å². The highest BCUT2D eigenvalue weighted by molar-refractivity contribution is 5.96. The molecule has 1 aromatic carbocycles. The zero-order valence-corrected chi connectivity index (χ0v) is 9.23. The normalized spacial score (nSPS) is 10.1. The predicted molar refractivity (Wildman–Crippen MR) is 65.2 cm³/mol. The molecule has 1 heterocycles. The summed E-state index contributed by atoms with van der Waals surface area (Å²) < 4.78 is 0. The van der Waals surface area contributed by atoms with Crippen LogP contribution in [0.5, 0.6) is 0 Å². The molecule has 4 nitrogen and oxygen atoms in total. The van der Waals surface area contributed by atoms with Crippen LogP contribution in [0.1, 0.15) is 5.56 Å². The number of nitrogen functional groups attached to an aromatic ring is 1. The molecule has 0 spiro atoms. The Bertz CT molecular complexity index is 581. The summed E-state index contributed by atoms with van der Waals surface area (Å²) in [5.41, 5.74) is 7.84. The largest absolute Gasteiger partial charge is 0.383 e. The number of rotatable bonds is 1. The maximum absolute atomic E-state index is 9.11. The molecule has 0 aliphatic heterocycles. The number of anilines is 2. The van der Waals surface area contributed by atoms with E-state index in [2.05, 4.69) is 11.1 Å². The van der Waals surface area contributed by atoms with Crippen LogP contribution in [-0.2, 0) is 0 Å². The summed E-state index contributed by atoms with van der Waals surface area (Å²) in [6, 6.07) is 9.77. The van der Waals surface area contributed by atoms with Gasteiger partial charge in [-0.3, -0.25) is 0 Å². The first-order valence-electron chi connectivity index (χ1n) is 4.90. The number of pyridine rings is 1. The van der Waals surface area contributed by atoms with Crippen molar-refractivity contribution in [3.63, 3.8) is 0 Å². The minimum Gasteiger partial charge on any atom is -0.383 e. The number of nitriles is 1. The molecule has 0 aliphatic rings. The van der Waals surface area contributed by atoms with E-state index in [1.54, 1.807) is 0 Å². The number of aromatic nitrogens is 1. The molecule has 2 N–H and O–H groups in total. The Morgan fingerprint density at radius 3 is 2.62 bits per heavy atom. The molecule has 0 saturated carbocycles. The van der Waals surface area contributed by atoms with Crippen LogP contribution in [0.2, 0.25) is 0 Å². The van der Waals surface area contributed by atoms with Crippen molar-refractivity contribution in [2.45, 2.75) is 0 Å². The number of para-hydroxylation sites is 1. The maximum atomic E-state index is 9.11. The molecule has 16 heavy (non-hydrogen) atoms. The van der Waals surface area contributed by atoms with E-state index in [0.717, 1.165) is 16.6 Å². The average molecular weight is 212 g/mol. The molecule has 2 rings (SSSR count). The number of hydrogen-bond donors (Lipinski definition) is 1. The zero-order chi connectivity index (χ0) is 11.7. The van der Waals surface area contributed by atoms with Crippen molar-refractivity contribution in [3.8, 4) is 6.07 Å². The summed E-state index contributed by atoms with van der Waals surface area (Å²) in [5, 5.41) is 10.1. The number of nitrogens with zero attached hydrogens (tertiary/aromatic N) is 3. The van der Waals surface area contributed by atoms with Gasteiger partial charge in [-0.1, -0.05) is 18.2 Å². The highest BCUT2D eigenvalue weighted by Gasteiger charge is 2.13. The van der Waals surface area contributed by atoms with Crippen LogP contribution >= 0.6 is 0 Å². The second-order valence-corrected chi connectivity index (χ2v) is 3.74. The van der Waals surface area contributed by atoms with Gasteiger partial charge < -0.3 is 10.6 Å². The van der Waals surface area contributed by atoms with Crippen molar-refractivity contribution in [2.24, 2.45) is 0 Å². The van der Waals surface area contributed by atoms with Gasteiger partial charge in [-0.2, -0.15) is 5.26 Å². The van der Waals surface area contributed by atoms with Gasteiger partial charge in [0.25, 0.3) is 0 Å². The van der Waals surface area contributed by atoms with E-state index in [4.69, 9.17) is 11.0 Å². The van der Waals surface area contributed by atoms with Gasteiger partial charge in [0.1, 0.15) is 17.5 Å². The van der Waals surface area contributed by atoms with Gasteiger partial charge in [0.15, 0.2) is 0 Å². The van der Waals surface area contributed by atoms with E-state index in [1.807, 2.05) is 43.3 Å². The lowest BCUT2D eigenvalue weighted by atomic mass is 10.1. The lowest BCUT2D eigenvalue weighted by Gasteiger charge is -2.17. The van der Waals surface area contributed by atoms with E-state index >= 15 is 0 Å². The average Bonchev–Trinajstić information content (AvgIpc) is 2.26. The molecule has 0 unspecified atom stereocenters. The highest BCUT2D eigenvalue weighted by Crippen LogP contribution is 2.30. The van der Waals surface area contributed by atoms with Crippen LogP contribution in [0.25, 0.3) is 10.9 Å². The smallest absolute Gasteiger partial charge is 0.144 e. The van der Waals surface area contributed by atoms with E-state index < -0.39 is 0 Å². The number of hydrogen-bond acceptors (Lipinski definition) is 4. The first kappa shape index (κ1) is 10.2. The second kappa shape index (κ2) is 3.70. The molecule has 0 aliphatic carbocycles. The predicted octanol–water partition coefficient (Wildman–Crippen LogP) is 1.75. The quantitative estimate of drug-likeness (QED) is 0.782. The summed E-state index contributed by atoms with van der Waals surface area (Å²) >= 11 is 0. The molecule has 2 aromatic rings. The molecule has 4 heteroatoms. The van der Waals surface area contributed by atoms with Crippen LogP contribution in [0, 0.1) is 11.3 Å². The van der Waals surface area contributed by atoms with Crippen molar-refractivity contribution in [1.29, 1.82) is 5.26 Å². The van der Waals surface area contributed by atoms with E-state index in [0.29, 0.717) is 5.56 Å². The molecule has 1 aromatic heterocycles. The standard InChI is InChI=1S/C12H12N4/c1-16(2)11-8-5-3-4-6-10(8)15-12(14)9(11)7-13/h3-6H,1-2H3,(H2,14,15). The zero-order valence-electron chi connectivity index (χ0n) is 9.23. The van der Waals surface area contributed by atoms with Gasteiger partial charge >= 0.3 is 0 Å². The van der Waals surface area contributed by atoms with Crippen molar-refractivity contribution >= 4 is 22.4 Å². The Kier molecular flexibility index (Phi) is 2.37. The Balaban J connectivity index is 2.94. The molecule has 0 fully saturated rings. The van der Waals surface area contributed by atoms with Gasteiger partial charge in [0.05, 0.1) is 11.2 Å². The SMILES string of the molecule is CN(C)c1c(C#N)c(N)nc2ccccc12. The van der Waals surface area contributed by atoms with E-state index in [-0.39, 0.29) is 5.82 Å². The highest BCUT2D eigenvalue weighted by atomic mass is 15.1. The van der Waals surface area contributed by atoms with E-state index in [1.165, 1.54) is 0 Å². The lowest BCUT2D eigenvalue weighted by Crippen LogP contribution is -2.13. The fourth-order valence-electron chi connectivity index (χ4n) is 1.79. The van der Waals surface area contributed by atoms with E-state index in [9.17, 15) is 0 Å². The number of fused-ring (bicyclic) bond motifs is 1. The number of benzene rings is 1. The molecule has 0 radical (unpaired) electrons. The Labute approximate surface area is 93.9 Å². The monoisotopic (exact) mass is 212 g/mol. The Morgan fingerprint density at radius 1 is 1.31 bits per heavy atom. The fourth-order valence-corrected chi connectivity index (χ4v) is 1.79. The Morgan fingerprint density at radius 2 is 2.00 bits per heavy atom. The first-order chi connectivity index (χ1) is 7.65. The van der Waals surface area contributed by atoms with Crippen LogP contribution in [0.4, 0.5) is 11.5 Å². The minimum absolute atomic E-state index is 0.282. The molecular formula is C12H12N4. The van der Waals surface area contributed by atoms with Gasteiger partial charge in [0, 0.05) is 19.5 Å². The topological polar surface area (TPSA) is 65.9 Å². The lowest BCUT2D eigenvalue weighted by molar-refractivity contribution is 1.13. The van der Waals surface area contributed by atoms with Crippen LogP contribution in [0.15, 0.2) is 24.3 Å². The number of nitrogens with two attached hydrogens (primary N) is 1. The molecule has 0 amide bonds. The van der Waals surface area contributed by atoms with Crippen LogP contribution in [0.3, 0.4) is 0 Å². The summed E-state index contributed by atoms with van der Waals surface area (Å²) in [7, 11) is 3.78. The van der Waals surface area contributed by atoms with Crippen molar-refractivity contribution in [2.75, 3.05) is 24.7 Å². The minimum atomic E-state index is 0.282. The summed E-state index contributed by atoms with van der Waals surface area (Å²) in [6.07, 6.45) is 0. The third-order valence-electron chi connectivity index (χ3n) is 2.45. The van der Waals surface area contributed by atoms with Crippen molar-refractivity contribution in [3.05, 3.63) is 29.8 Å². The maximum Gasteiger partial charge on any atom is 0.144 e. The summed E-state index contributed by atoms with van der Waals surface area (Å²) in [5.74, 6) is 0.282. The molecule has 0 saturated heterocycles. The summed E-state index contributed by atoms with van der Waals surface area (Å²) in [4.78, 5) is 6.11. The third-order valence-corrected chi connectivity index (χ3v) is 2.45. The van der Waals surface area contributed by atoms with Gasteiger partial charge in [-0.05, 0) is 6.07 Å². The summed E-state index contributed by atoms with van der Waals surface area (Å²) in [6.45, 7) is 0. The molecule has 0 atom stereocenters. The van der Waals surface area contributed by atoms with Crippen molar-refractivity contribution < 1.29 is 0 Å². The first-order valence-corrected chi connectivity index (χ1v) is 4.90. The Hall–Kier alpha value is -2.28. The molecular weight excluding hydrogens is 200 g/mol. The fraction of sp³-hybridized carbons (Fsp3) is 0.167. The van der Waals surface area contributed by atoms with Crippen LogP contribution < -0.4 is 10.6 Å². The third kappa shape index (κ3) is 1.43. The molecule has 80 valence electrons. The van der Waals surface area contributed by atoms with Gasteiger partial charge in [-0.15, -0.1) is 0 Å². The van der Waals surface area contributed by atoms with Crippen molar-refractivity contribution in [1.82, 2.24) is 4.98 Å². The molecule has 0 bridgehead atoms. The van der Waals surface area contributed by atoms with Gasteiger partial charge in [-0.25, -0.2) is 4.98 Å². The van der Waals surface area contributed by atoms with Gasteiger partial charge in [0.2, 0.25) is 0 Å². The second-order valence-electron chi connectivity index (χ2n) is 3.74.